The second-order valence-electron chi connectivity index (χ2n) is 5.56. The van der Waals surface area contributed by atoms with Gasteiger partial charge < -0.3 is 10.2 Å². The molecule has 0 fully saturated rings. The number of aromatic hydroxyl groups is 1. The fourth-order valence-electron chi connectivity index (χ4n) is 2.47. The second kappa shape index (κ2) is 7.32. The number of phenolic OH excluding ortho intramolecular Hbond substituents is 1. The third-order valence-corrected chi connectivity index (χ3v) is 4.83. The number of allylic oxidation sites excluding steroid dienone is 1. The number of carboxylic acids is 1. The van der Waals surface area contributed by atoms with Crippen LogP contribution in [0.2, 0.25) is 0 Å². The lowest BCUT2D eigenvalue weighted by Gasteiger charge is -2.04. The van der Waals surface area contributed by atoms with E-state index in [1.165, 1.54) is 29.5 Å². The summed E-state index contributed by atoms with van der Waals surface area (Å²) >= 11 is 1.43. The van der Waals surface area contributed by atoms with E-state index >= 15 is 0 Å². The zero-order valence-corrected chi connectivity index (χ0v) is 14.3. The highest BCUT2D eigenvalue weighted by molar-refractivity contribution is 7.19. The van der Waals surface area contributed by atoms with Gasteiger partial charge in [0.05, 0.1) is 15.1 Å². The van der Waals surface area contributed by atoms with Crippen LogP contribution < -0.4 is 0 Å². The molecule has 2 aromatic carbocycles. The molecule has 0 aliphatic carbocycles. The number of thiazole rings is 1. The van der Waals surface area contributed by atoms with Gasteiger partial charge in [-0.3, -0.25) is 14.9 Å². The molecule has 0 unspecified atom stereocenters. The molecule has 0 saturated heterocycles. The number of nitro groups is 1. The van der Waals surface area contributed by atoms with E-state index in [9.17, 15) is 20.0 Å². The molecule has 0 bridgehead atoms. The molecular formula is C18H14N2O5S. The number of hydrogen-bond acceptors (Lipinski definition) is 6. The van der Waals surface area contributed by atoms with Gasteiger partial charge in [0, 0.05) is 12.5 Å². The van der Waals surface area contributed by atoms with E-state index in [1.54, 1.807) is 6.08 Å². The van der Waals surface area contributed by atoms with Crippen molar-refractivity contribution in [2.24, 2.45) is 0 Å². The largest absolute Gasteiger partial charge is 0.502 e. The van der Waals surface area contributed by atoms with E-state index < -0.39 is 22.3 Å². The van der Waals surface area contributed by atoms with Crippen molar-refractivity contribution in [1.29, 1.82) is 0 Å². The molecule has 132 valence electrons. The number of para-hydroxylation sites is 1. The summed E-state index contributed by atoms with van der Waals surface area (Å²) in [6.07, 6.45) is 1.83. The molecule has 0 radical (unpaired) electrons. The third-order valence-electron chi connectivity index (χ3n) is 3.71. The molecule has 1 heterocycles. The van der Waals surface area contributed by atoms with Crippen LogP contribution in [0.4, 0.5) is 5.69 Å². The number of hydrogen-bond donors (Lipinski definition) is 2. The summed E-state index contributed by atoms with van der Waals surface area (Å²) in [4.78, 5) is 25.9. The zero-order valence-electron chi connectivity index (χ0n) is 13.5. The van der Waals surface area contributed by atoms with Gasteiger partial charge in [0.15, 0.2) is 5.75 Å². The highest BCUT2D eigenvalue weighted by Crippen LogP contribution is 2.33. The van der Waals surface area contributed by atoms with Crippen LogP contribution in [0.25, 0.3) is 21.9 Å². The van der Waals surface area contributed by atoms with Crippen molar-refractivity contribution in [3.63, 3.8) is 0 Å². The van der Waals surface area contributed by atoms with Crippen molar-refractivity contribution in [1.82, 2.24) is 4.98 Å². The van der Waals surface area contributed by atoms with Crippen LogP contribution >= 0.6 is 11.3 Å². The zero-order chi connectivity index (χ0) is 18.7. The molecule has 0 aliphatic heterocycles. The molecule has 0 amide bonds. The maximum Gasteiger partial charge on any atom is 0.311 e. The van der Waals surface area contributed by atoms with Gasteiger partial charge in [-0.2, -0.15) is 0 Å². The summed E-state index contributed by atoms with van der Waals surface area (Å²) < 4.78 is 0.973. The third kappa shape index (κ3) is 3.86. The summed E-state index contributed by atoms with van der Waals surface area (Å²) in [5, 5.41) is 30.2. The lowest BCUT2D eigenvalue weighted by atomic mass is 10.1. The Labute approximate surface area is 152 Å². The summed E-state index contributed by atoms with van der Waals surface area (Å²) in [7, 11) is 0. The Morgan fingerprint density at radius 1 is 1.23 bits per heavy atom. The van der Waals surface area contributed by atoms with E-state index in [2.05, 4.69) is 4.98 Å². The Hall–Kier alpha value is -3.26. The number of phenols is 1. The molecule has 0 aliphatic rings. The quantitative estimate of drug-likeness (QED) is 0.493. The summed E-state index contributed by atoms with van der Waals surface area (Å²) in [6.45, 7) is 0. The molecule has 3 rings (SSSR count). The van der Waals surface area contributed by atoms with Gasteiger partial charge in [-0.1, -0.05) is 18.2 Å². The maximum atomic E-state index is 11.0. The predicted molar refractivity (Wildman–Crippen MR) is 99.1 cm³/mol. The summed E-state index contributed by atoms with van der Waals surface area (Å²) in [5.74, 6) is -1.35. The van der Waals surface area contributed by atoms with Crippen molar-refractivity contribution in [2.75, 3.05) is 0 Å². The van der Waals surface area contributed by atoms with Gasteiger partial charge in [0.25, 0.3) is 0 Å². The monoisotopic (exact) mass is 370 g/mol. The van der Waals surface area contributed by atoms with E-state index in [4.69, 9.17) is 5.11 Å². The number of nitrogens with zero attached hydrogens (tertiary/aromatic N) is 2. The fourth-order valence-corrected chi connectivity index (χ4v) is 3.48. The average Bonchev–Trinajstić information content (AvgIpc) is 3.03. The minimum Gasteiger partial charge on any atom is -0.502 e. The Morgan fingerprint density at radius 2 is 2.00 bits per heavy atom. The number of rotatable bonds is 6. The summed E-state index contributed by atoms with van der Waals surface area (Å²) in [6, 6.07) is 11.6. The van der Waals surface area contributed by atoms with Gasteiger partial charge in [-0.25, -0.2) is 4.98 Å². The van der Waals surface area contributed by atoms with Crippen molar-refractivity contribution in [3.05, 3.63) is 63.1 Å². The van der Waals surface area contributed by atoms with Crippen LogP contribution in [0, 0.1) is 10.1 Å². The normalized spacial score (nSPS) is 11.6. The molecule has 26 heavy (non-hydrogen) atoms. The van der Waals surface area contributed by atoms with E-state index in [1.807, 2.05) is 24.3 Å². The highest BCUT2D eigenvalue weighted by atomic mass is 32.1. The molecular weight excluding hydrogens is 356 g/mol. The van der Waals surface area contributed by atoms with Crippen LogP contribution in [-0.2, 0) is 4.79 Å². The fraction of sp³-hybridized carbons (Fsp3) is 0.111. The summed E-state index contributed by atoms with van der Waals surface area (Å²) in [5.41, 5.74) is 1.58. The van der Waals surface area contributed by atoms with Crippen molar-refractivity contribution < 1.29 is 19.9 Å². The number of fused-ring (bicyclic) bond motifs is 1. The molecule has 2 N–H and O–H groups in total. The van der Waals surface area contributed by atoms with Gasteiger partial charge in [0.2, 0.25) is 0 Å². The molecule has 8 heteroatoms. The number of benzene rings is 2. The number of carbonyl (C=O) groups is 1. The van der Waals surface area contributed by atoms with Gasteiger partial charge in [-0.15, -0.1) is 11.3 Å². The van der Waals surface area contributed by atoms with Gasteiger partial charge in [-0.05, 0) is 41.8 Å². The first-order valence-electron chi connectivity index (χ1n) is 7.70. The molecule has 0 spiro atoms. The van der Waals surface area contributed by atoms with Gasteiger partial charge >= 0.3 is 11.7 Å². The first kappa shape index (κ1) is 17.6. The topological polar surface area (TPSA) is 114 Å². The lowest BCUT2D eigenvalue weighted by molar-refractivity contribution is -0.385. The smallest absolute Gasteiger partial charge is 0.311 e. The Morgan fingerprint density at radius 3 is 2.69 bits per heavy atom. The van der Waals surface area contributed by atoms with Crippen LogP contribution in [0.1, 0.15) is 23.4 Å². The number of aliphatic carboxylic acids is 1. The maximum absolute atomic E-state index is 11.0. The minimum atomic E-state index is -0.936. The standard InChI is InChI=1S/C18H14N2O5S/c21-15-7-5-11(10-14(15)20(24)25)9-12(6-8-17(22)23)18-19-13-3-1-2-4-16(13)26-18/h1-5,7,9-10,21H,6,8H2,(H,22,23)/b12-9+. The first-order valence-corrected chi connectivity index (χ1v) is 8.51. The van der Waals surface area contributed by atoms with Crippen LogP contribution in [-0.4, -0.2) is 26.1 Å². The van der Waals surface area contributed by atoms with Crippen LogP contribution in [0.3, 0.4) is 0 Å². The van der Waals surface area contributed by atoms with Crippen molar-refractivity contribution >= 4 is 44.9 Å². The number of nitro benzene ring substituents is 1. The molecule has 1 aromatic heterocycles. The molecule has 3 aromatic rings. The molecule has 0 atom stereocenters. The Bertz CT molecular complexity index is 992. The second-order valence-corrected chi connectivity index (χ2v) is 6.59. The van der Waals surface area contributed by atoms with E-state index in [0.29, 0.717) is 16.1 Å². The van der Waals surface area contributed by atoms with Gasteiger partial charge in [0.1, 0.15) is 5.01 Å². The molecule has 0 saturated carbocycles. The van der Waals surface area contributed by atoms with Crippen LogP contribution in [0.15, 0.2) is 42.5 Å². The Balaban J connectivity index is 2.05. The SMILES string of the molecule is O=C(O)CC/C(=C\c1ccc(O)c([N+](=O)[O-])c1)c1nc2ccccc2s1. The average molecular weight is 370 g/mol. The van der Waals surface area contributed by atoms with Crippen molar-refractivity contribution in [2.45, 2.75) is 12.8 Å². The lowest BCUT2D eigenvalue weighted by Crippen LogP contribution is -1.96. The van der Waals surface area contributed by atoms with E-state index in [0.717, 1.165) is 10.2 Å². The number of carboxylic acid groups (broad SMARTS) is 1. The highest BCUT2D eigenvalue weighted by Gasteiger charge is 2.15. The minimum absolute atomic E-state index is 0.0814. The Kier molecular flexibility index (Phi) is 4.94. The molecule has 7 nitrogen and oxygen atoms in total. The first-order chi connectivity index (χ1) is 12.4. The van der Waals surface area contributed by atoms with Crippen molar-refractivity contribution in [3.8, 4) is 5.75 Å². The van der Waals surface area contributed by atoms with Crippen LogP contribution in [0.5, 0.6) is 5.75 Å². The predicted octanol–water partition coefficient (Wildman–Crippen LogP) is 4.32. The number of aromatic nitrogens is 1. The van der Waals surface area contributed by atoms with E-state index in [-0.39, 0.29) is 12.8 Å².